The molecule has 0 aromatic heterocycles. The zero-order valence-electron chi connectivity index (χ0n) is 45.8. The summed E-state index contributed by atoms with van der Waals surface area (Å²) in [4.78, 5) is 34.7. The van der Waals surface area contributed by atoms with Crippen molar-refractivity contribution in [1.29, 1.82) is 0 Å². The van der Waals surface area contributed by atoms with Gasteiger partial charge in [0.15, 0.2) is 46.5 Å². The van der Waals surface area contributed by atoms with Gasteiger partial charge in [-0.3, -0.25) is 14.4 Å². The number of amides is 3. The first-order valence-electron chi connectivity index (χ1n) is 26.2. The second kappa shape index (κ2) is 28.9. The summed E-state index contributed by atoms with van der Waals surface area (Å²) in [5, 5.41) is 43.9. The van der Waals surface area contributed by atoms with Crippen molar-refractivity contribution in [3.63, 3.8) is 0 Å². The number of alkyl halides is 1. The lowest BCUT2D eigenvalue weighted by Crippen LogP contribution is -2.47. The van der Waals surface area contributed by atoms with Crippen molar-refractivity contribution in [2.75, 3.05) is 61.8 Å². The van der Waals surface area contributed by atoms with E-state index in [9.17, 15) is 113 Å². The van der Waals surface area contributed by atoms with Gasteiger partial charge in [0.1, 0.15) is 38.3 Å². The first-order chi connectivity index (χ1) is 42.1. The van der Waals surface area contributed by atoms with Gasteiger partial charge < -0.3 is 36.4 Å². The van der Waals surface area contributed by atoms with E-state index in [2.05, 4.69) is 10.6 Å². The van der Waals surface area contributed by atoms with E-state index in [1.165, 1.54) is 0 Å². The first-order valence-corrected chi connectivity index (χ1v) is 30.9. The van der Waals surface area contributed by atoms with Crippen LogP contribution >= 0.6 is 11.6 Å². The van der Waals surface area contributed by atoms with Crippen LogP contribution in [0.1, 0.15) is 56.8 Å². The standard InChI is InChI=1S/C19H18F4N2O5S.C18H16ClF3N2O4S.C18H15F5N2O4S/c20-13-2-1-10(19(28)24-12-6-14(21)18(23)15(22)7-12)5-17(13)31(29,30)25-4-3-11(9-26)16(27)8-25;19-13-8-11(9-15(21)17(13)22)23-18(26)10-1-2-14(20)16(7-10)29(27,28)24-5-3-12(25)4-6-24;19-11-2-1-9(18(27)24-10-6-12(20)17(23)13(21)7-10)5-16(11)30(28,29)25-4-3-15(26)14(22)8-25/h1-2,5-7,11,16,26-27H,3-4,8-9H2,(H,24,28);1-2,7-9,12,25H,3-6H2,(H,23,26);1-2,5-7,14-15,26H,3-4,8H2,(H,24,27). The van der Waals surface area contributed by atoms with Crippen molar-refractivity contribution < 1.29 is 113 Å². The Labute approximate surface area is 509 Å². The topological polar surface area (TPSA) is 280 Å². The number of carbonyl (C=O) groups is 3. The smallest absolute Gasteiger partial charge is 0.255 e. The van der Waals surface area contributed by atoms with Crippen molar-refractivity contribution >= 4 is 76.5 Å². The van der Waals surface area contributed by atoms with Crippen LogP contribution in [0.4, 0.5) is 69.7 Å². The number of sulfonamides is 3. The number of carbonyl (C=O) groups excluding carboxylic acids is 3. The van der Waals surface area contributed by atoms with Crippen LogP contribution in [0.2, 0.25) is 5.02 Å². The molecule has 0 spiro atoms. The predicted octanol–water partition coefficient (Wildman–Crippen LogP) is 7.60. The number of aliphatic hydroxyl groups is 4. The van der Waals surface area contributed by atoms with Gasteiger partial charge >= 0.3 is 0 Å². The molecule has 4 unspecified atom stereocenters. The Morgan fingerprint density at radius 2 is 0.778 bits per heavy atom. The van der Waals surface area contributed by atoms with E-state index in [4.69, 9.17) is 11.6 Å². The van der Waals surface area contributed by atoms with Gasteiger partial charge in [-0.1, -0.05) is 11.6 Å². The lowest BCUT2D eigenvalue weighted by molar-refractivity contribution is 0.0221. The number of halogens is 13. The molecule has 0 radical (unpaired) electrons. The maximum Gasteiger partial charge on any atom is 0.255 e. The molecule has 6 aromatic carbocycles. The van der Waals surface area contributed by atoms with Crippen LogP contribution in [0.5, 0.6) is 0 Å². The van der Waals surface area contributed by atoms with Gasteiger partial charge in [-0.25, -0.2) is 77.9 Å². The summed E-state index contributed by atoms with van der Waals surface area (Å²) >= 11 is 5.53. The van der Waals surface area contributed by atoms with Crippen molar-refractivity contribution in [3.8, 4) is 0 Å². The minimum absolute atomic E-state index is 0.0206. The lowest BCUT2D eigenvalue weighted by atomic mass is 9.96. The number of β-amino-alcohol motifs (C(OH)–C–C–N with tert-alkyl or cyclic N) is 1. The van der Waals surface area contributed by atoms with Crippen molar-refractivity contribution in [3.05, 3.63) is 177 Å². The summed E-state index contributed by atoms with van der Waals surface area (Å²) in [6.07, 6.45) is -4.56. The van der Waals surface area contributed by atoms with Crippen molar-refractivity contribution in [2.45, 2.75) is 64.9 Å². The summed E-state index contributed by atoms with van der Waals surface area (Å²) in [6.45, 7) is -1.67. The number of hydrogen-bond acceptors (Lipinski definition) is 13. The lowest BCUT2D eigenvalue weighted by Gasteiger charge is -2.34. The molecule has 486 valence electrons. The van der Waals surface area contributed by atoms with Gasteiger partial charge in [0.25, 0.3) is 17.7 Å². The van der Waals surface area contributed by atoms with Crippen LogP contribution < -0.4 is 16.0 Å². The van der Waals surface area contributed by atoms with Crippen LogP contribution in [-0.4, -0.2) is 147 Å². The van der Waals surface area contributed by atoms with E-state index in [1.54, 1.807) is 0 Å². The maximum absolute atomic E-state index is 14.3. The monoisotopic (exact) mass is 1360 g/mol. The second-order valence-corrected chi connectivity index (χ2v) is 26.2. The highest BCUT2D eigenvalue weighted by atomic mass is 35.5. The normalized spacial score (nSPS) is 18.8. The van der Waals surface area contributed by atoms with Gasteiger partial charge in [0.05, 0.1) is 23.3 Å². The number of hydrogen-bond donors (Lipinski definition) is 7. The third-order valence-electron chi connectivity index (χ3n) is 14.0. The Bertz CT molecular complexity index is 4020. The van der Waals surface area contributed by atoms with Crippen LogP contribution in [-0.2, 0) is 30.1 Å². The van der Waals surface area contributed by atoms with E-state index >= 15 is 0 Å². The molecule has 19 nitrogen and oxygen atoms in total. The number of piperidine rings is 3. The fourth-order valence-corrected chi connectivity index (χ4v) is 13.9. The number of rotatable bonds is 13. The molecular weight excluding hydrogens is 1310 g/mol. The van der Waals surface area contributed by atoms with Crippen LogP contribution in [0.25, 0.3) is 0 Å². The quantitative estimate of drug-likeness (QED) is 0.0434. The molecule has 35 heteroatoms. The van der Waals surface area contributed by atoms with Crippen LogP contribution in [0.3, 0.4) is 0 Å². The molecule has 6 aromatic rings. The maximum atomic E-state index is 14.3. The number of nitrogens with zero attached hydrogens (tertiary/aromatic N) is 3. The molecule has 0 aliphatic carbocycles. The molecule has 3 aliphatic heterocycles. The third-order valence-corrected chi connectivity index (χ3v) is 19.9. The zero-order chi connectivity index (χ0) is 66.5. The summed E-state index contributed by atoms with van der Waals surface area (Å²) in [5.41, 5.74) is -1.95. The molecule has 0 saturated carbocycles. The summed E-state index contributed by atoms with van der Waals surface area (Å²) in [7, 11) is -13.2. The Kier molecular flexibility index (Phi) is 22.6. The summed E-state index contributed by atoms with van der Waals surface area (Å²) in [5.74, 6) is -19.0. The van der Waals surface area contributed by atoms with Crippen molar-refractivity contribution in [1.82, 2.24) is 12.9 Å². The SMILES string of the molecule is O=C(Nc1cc(F)c(F)c(Cl)c1)c1ccc(F)c(S(=O)(=O)N2CCC(O)CC2)c1.O=C(Nc1cc(F)c(F)c(F)c1)c1ccc(F)c(S(=O)(=O)N2CCC(CO)C(O)C2)c1.O=C(Nc1cc(F)c(F)c(F)c1)c1ccc(F)c(S(=O)(=O)N2CCC(O)C(F)C2)c1. The molecule has 3 saturated heterocycles. The predicted molar refractivity (Wildman–Crippen MR) is 295 cm³/mol. The Morgan fingerprint density at radius 1 is 0.444 bits per heavy atom. The summed E-state index contributed by atoms with van der Waals surface area (Å²) in [6, 6.07) is 11.3. The van der Waals surface area contributed by atoms with E-state index in [0.717, 1.165) is 57.1 Å². The average molecular weight is 1360 g/mol. The molecular formula is C55H49ClF12N6O13S3. The zero-order valence-corrected chi connectivity index (χ0v) is 49.0. The molecule has 3 heterocycles. The highest BCUT2D eigenvalue weighted by Gasteiger charge is 2.39. The number of anilines is 3. The fraction of sp³-hybridized carbons (Fsp3) is 0.291. The number of nitrogens with one attached hydrogen (secondary N) is 3. The summed E-state index contributed by atoms with van der Waals surface area (Å²) < 4.78 is 242. The van der Waals surface area contributed by atoms with Crippen molar-refractivity contribution in [2.24, 2.45) is 5.92 Å². The van der Waals surface area contributed by atoms with E-state index < -0.39 is 180 Å². The Hall–Kier alpha value is -7.25. The third kappa shape index (κ3) is 16.3. The molecule has 9 rings (SSSR count). The molecule has 7 N–H and O–H groups in total. The van der Waals surface area contributed by atoms with E-state index in [-0.39, 0.29) is 87.4 Å². The highest BCUT2D eigenvalue weighted by molar-refractivity contribution is 7.89. The molecule has 4 atom stereocenters. The molecule has 0 bridgehead atoms. The minimum atomic E-state index is -4.54. The average Bonchev–Trinajstić information content (AvgIpc) is 1.01. The molecule has 90 heavy (non-hydrogen) atoms. The van der Waals surface area contributed by atoms with Gasteiger partial charge in [-0.2, -0.15) is 12.9 Å². The molecule has 3 aliphatic rings. The number of aliphatic hydroxyl groups excluding tert-OH is 4. The molecule has 3 fully saturated rings. The van der Waals surface area contributed by atoms with Gasteiger partial charge in [0, 0.05) is 116 Å². The fourth-order valence-electron chi connectivity index (χ4n) is 8.98. The van der Waals surface area contributed by atoms with Crippen LogP contribution in [0.15, 0.2) is 106 Å². The van der Waals surface area contributed by atoms with E-state index in [0.29, 0.717) is 46.8 Å². The first kappa shape index (κ1) is 70.2. The van der Waals surface area contributed by atoms with Gasteiger partial charge in [-0.15, -0.1) is 0 Å². The largest absolute Gasteiger partial charge is 0.396 e. The van der Waals surface area contributed by atoms with Crippen LogP contribution in [0, 0.1) is 69.9 Å². The minimum Gasteiger partial charge on any atom is -0.396 e. The Balaban J connectivity index is 0.000000192. The molecule has 3 amide bonds. The van der Waals surface area contributed by atoms with Gasteiger partial charge in [-0.05, 0) is 86.3 Å². The van der Waals surface area contributed by atoms with E-state index in [1.807, 2.05) is 5.32 Å². The number of benzene rings is 6. The highest BCUT2D eigenvalue weighted by Crippen LogP contribution is 2.31. The Morgan fingerprint density at radius 3 is 1.13 bits per heavy atom. The second-order valence-electron chi connectivity index (χ2n) is 20.1. The van der Waals surface area contributed by atoms with Gasteiger partial charge in [0.2, 0.25) is 30.1 Å².